The quantitative estimate of drug-likeness (QED) is 0.839. The number of hydrogen-bond donors (Lipinski definition) is 2. The van der Waals surface area contributed by atoms with E-state index in [1.807, 2.05) is 24.3 Å². The number of ether oxygens (including phenoxy) is 1. The van der Waals surface area contributed by atoms with Crippen molar-refractivity contribution in [2.75, 3.05) is 13.2 Å². The number of rotatable bonds is 6. The van der Waals surface area contributed by atoms with E-state index in [9.17, 15) is 4.79 Å². The minimum atomic E-state index is -0.402. The molecule has 0 fully saturated rings. The predicted molar refractivity (Wildman–Crippen MR) is 101 cm³/mol. The lowest BCUT2D eigenvalue weighted by Gasteiger charge is -2.17. The summed E-state index contributed by atoms with van der Waals surface area (Å²) in [4.78, 5) is 12.0. The normalized spacial score (nSPS) is 14.1. The lowest BCUT2D eigenvalue weighted by molar-refractivity contribution is 0.142. The van der Waals surface area contributed by atoms with E-state index in [-0.39, 0.29) is 12.0 Å². The number of nitrogens with two attached hydrogens (primary N) is 1. The first-order valence-electron chi connectivity index (χ1n) is 8.90. The van der Waals surface area contributed by atoms with Gasteiger partial charge in [0.05, 0.1) is 0 Å². The molecule has 1 atom stereocenters. The third-order valence-corrected chi connectivity index (χ3v) is 4.63. The van der Waals surface area contributed by atoms with Crippen LogP contribution in [-0.4, -0.2) is 25.3 Å². The average Bonchev–Trinajstić information content (AvgIpc) is 2.92. The van der Waals surface area contributed by atoms with Gasteiger partial charge in [0.1, 0.15) is 6.61 Å². The van der Waals surface area contributed by atoms with Crippen molar-refractivity contribution in [1.82, 2.24) is 5.32 Å². The van der Waals surface area contributed by atoms with Crippen LogP contribution >= 0.6 is 0 Å². The van der Waals surface area contributed by atoms with Crippen LogP contribution in [0.2, 0.25) is 0 Å². The Morgan fingerprint density at radius 1 is 1.08 bits per heavy atom. The van der Waals surface area contributed by atoms with Crippen LogP contribution in [0.5, 0.6) is 0 Å². The molecule has 4 heteroatoms. The van der Waals surface area contributed by atoms with Gasteiger partial charge in [-0.2, -0.15) is 0 Å². The standard InChI is InChI=1S/C21H26N2O2/c1-14(2)11-15(22)12-23-21(24)25-13-20-18-9-5-3-7-16(18)17-8-4-6-10-19(17)20/h3-10,14-15,20H,11-13,22H2,1-2H3,(H,23,24)/t15-/m0/s1. The lowest BCUT2D eigenvalue weighted by atomic mass is 9.98. The van der Waals surface area contributed by atoms with Crippen molar-refractivity contribution >= 4 is 6.09 Å². The van der Waals surface area contributed by atoms with Gasteiger partial charge in [0.2, 0.25) is 0 Å². The highest BCUT2D eigenvalue weighted by Crippen LogP contribution is 2.44. The molecule has 2 aromatic rings. The number of fused-ring (bicyclic) bond motifs is 3. The lowest BCUT2D eigenvalue weighted by Crippen LogP contribution is -2.38. The van der Waals surface area contributed by atoms with Gasteiger partial charge in [-0.25, -0.2) is 4.79 Å². The fraction of sp³-hybridized carbons (Fsp3) is 0.381. The highest BCUT2D eigenvalue weighted by atomic mass is 16.5. The minimum absolute atomic E-state index is 0.0412. The third-order valence-electron chi connectivity index (χ3n) is 4.63. The molecule has 4 nitrogen and oxygen atoms in total. The summed E-state index contributed by atoms with van der Waals surface area (Å²) in [5.74, 6) is 0.599. The van der Waals surface area contributed by atoms with Gasteiger partial charge in [0, 0.05) is 18.5 Å². The van der Waals surface area contributed by atoms with Gasteiger partial charge in [-0.3, -0.25) is 0 Å². The molecular weight excluding hydrogens is 312 g/mol. The Bertz CT molecular complexity index is 697. The molecule has 3 N–H and O–H groups in total. The molecule has 1 aliphatic rings. The Morgan fingerprint density at radius 2 is 1.64 bits per heavy atom. The monoisotopic (exact) mass is 338 g/mol. The molecule has 3 rings (SSSR count). The predicted octanol–water partition coefficient (Wildman–Crippen LogP) is 3.90. The summed E-state index contributed by atoms with van der Waals surface area (Å²) in [7, 11) is 0. The molecule has 2 aromatic carbocycles. The van der Waals surface area contributed by atoms with Crippen LogP contribution in [0.1, 0.15) is 37.3 Å². The molecule has 0 saturated carbocycles. The smallest absolute Gasteiger partial charge is 0.407 e. The first kappa shape index (κ1) is 17.5. The Morgan fingerprint density at radius 3 is 2.20 bits per heavy atom. The third kappa shape index (κ3) is 4.02. The van der Waals surface area contributed by atoms with Crippen molar-refractivity contribution in [2.45, 2.75) is 32.2 Å². The van der Waals surface area contributed by atoms with Crippen molar-refractivity contribution in [2.24, 2.45) is 11.7 Å². The molecule has 0 aromatic heterocycles. The van der Waals surface area contributed by atoms with Crippen LogP contribution in [0.15, 0.2) is 48.5 Å². The van der Waals surface area contributed by atoms with Gasteiger partial charge in [-0.05, 0) is 34.6 Å². The molecule has 25 heavy (non-hydrogen) atoms. The summed E-state index contributed by atoms with van der Waals surface area (Å²) in [6.07, 6.45) is 0.477. The van der Waals surface area contributed by atoms with E-state index in [4.69, 9.17) is 10.5 Å². The highest BCUT2D eigenvalue weighted by Gasteiger charge is 2.28. The molecular formula is C21H26N2O2. The first-order chi connectivity index (χ1) is 12.1. The van der Waals surface area contributed by atoms with Crippen molar-refractivity contribution in [3.05, 3.63) is 59.7 Å². The van der Waals surface area contributed by atoms with Crippen LogP contribution in [0.3, 0.4) is 0 Å². The number of benzene rings is 2. The van der Waals surface area contributed by atoms with E-state index in [0.717, 1.165) is 6.42 Å². The minimum Gasteiger partial charge on any atom is -0.449 e. The molecule has 132 valence electrons. The fourth-order valence-electron chi connectivity index (χ4n) is 3.55. The highest BCUT2D eigenvalue weighted by molar-refractivity contribution is 5.79. The molecule has 0 bridgehead atoms. The molecule has 1 amide bonds. The van der Waals surface area contributed by atoms with Crippen LogP contribution in [0.25, 0.3) is 11.1 Å². The van der Waals surface area contributed by atoms with Crippen molar-refractivity contribution in [1.29, 1.82) is 0 Å². The summed E-state index contributed by atoms with van der Waals surface area (Å²) in [6, 6.07) is 16.6. The molecule has 0 radical (unpaired) electrons. The van der Waals surface area contributed by atoms with Crippen LogP contribution in [-0.2, 0) is 4.74 Å². The average molecular weight is 338 g/mol. The number of carbonyl (C=O) groups is 1. The van der Waals surface area contributed by atoms with Gasteiger partial charge in [-0.1, -0.05) is 62.4 Å². The van der Waals surface area contributed by atoms with Gasteiger partial charge < -0.3 is 15.8 Å². The van der Waals surface area contributed by atoms with Gasteiger partial charge in [0.25, 0.3) is 0 Å². The van der Waals surface area contributed by atoms with Gasteiger partial charge in [-0.15, -0.1) is 0 Å². The van der Waals surface area contributed by atoms with Crippen molar-refractivity contribution < 1.29 is 9.53 Å². The van der Waals surface area contributed by atoms with E-state index < -0.39 is 6.09 Å². The van der Waals surface area contributed by atoms with E-state index in [1.54, 1.807) is 0 Å². The van der Waals surface area contributed by atoms with E-state index in [1.165, 1.54) is 22.3 Å². The largest absolute Gasteiger partial charge is 0.449 e. The summed E-state index contributed by atoms with van der Waals surface area (Å²) in [5, 5.41) is 2.77. The topological polar surface area (TPSA) is 64.3 Å². The SMILES string of the molecule is CC(C)C[C@H](N)CNC(=O)OCC1c2ccccc2-c2ccccc21. The maximum atomic E-state index is 12.0. The number of hydrogen-bond acceptors (Lipinski definition) is 3. The molecule has 0 saturated heterocycles. The first-order valence-corrected chi connectivity index (χ1v) is 8.90. The Balaban J connectivity index is 1.61. The van der Waals surface area contributed by atoms with Gasteiger partial charge in [0.15, 0.2) is 0 Å². The van der Waals surface area contributed by atoms with Crippen LogP contribution in [0, 0.1) is 5.92 Å². The van der Waals surface area contributed by atoms with E-state index in [2.05, 4.69) is 43.4 Å². The second kappa shape index (κ2) is 7.70. The number of nitrogens with one attached hydrogen (secondary N) is 1. The summed E-state index contributed by atoms with van der Waals surface area (Å²) >= 11 is 0. The second-order valence-electron chi connectivity index (χ2n) is 7.10. The zero-order chi connectivity index (χ0) is 17.8. The maximum absolute atomic E-state index is 12.0. The molecule has 0 aliphatic heterocycles. The second-order valence-corrected chi connectivity index (χ2v) is 7.10. The van der Waals surface area contributed by atoms with Crippen molar-refractivity contribution in [3.8, 4) is 11.1 Å². The Labute approximate surface area is 149 Å². The van der Waals surface area contributed by atoms with Crippen LogP contribution < -0.4 is 11.1 Å². The van der Waals surface area contributed by atoms with Gasteiger partial charge >= 0.3 is 6.09 Å². The van der Waals surface area contributed by atoms with Crippen LogP contribution in [0.4, 0.5) is 4.79 Å². The molecule has 0 spiro atoms. The van der Waals surface area contributed by atoms with E-state index >= 15 is 0 Å². The summed E-state index contributed by atoms with van der Waals surface area (Å²) < 4.78 is 5.49. The number of alkyl carbamates (subject to hydrolysis) is 1. The molecule has 1 aliphatic carbocycles. The zero-order valence-corrected chi connectivity index (χ0v) is 14.9. The number of carbonyl (C=O) groups excluding carboxylic acids is 1. The fourth-order valence-corrected chi connectivity index (χ4v) is 3.55. The maximum Gasteiger partial charge on any atom is 0.407 e. The number of amides is 1. The molecule has 0 unspecified atom stereocenters. The summed E-state index contributed by atoms with van der Waals surface area (Å²) in [6.45, 7) is 5.01. The summed E-state index contributed by atoms with van der Waals surface area (Å²) in [5.41, 5.74) is 10.9. The Kier molecular flexibility index (Phi) is 5.39. The molecule has 0 heterocycles. The zero-order valence-electron chi connectivity index (χ0n) is 14.9. The van der Waals surface area contributed by atoms with E-state index in [0.29, 0.717) is 19.1 Å². The van der Waals surface area contributed by atoms with Crippen molar-refractivity contribution in [3.63, 3.8) is 0 Å². The Hall–Kier alpha value is -2.33.